The van der Waals surface area contributed by atoms with Gasteiger partial charge in [0.25, 0.3) is 5.91 Å². The van der Waals surface area contributed by atoms with Crippen molar-refractivity contribution in [1.82, 2.24) is 9.80 Å². The highest BCUT2D eigenvalue weighted by Gasteiger charge is 2.22. The van der Waals surface area contributed by atoms with E-state index in [0.717, 1.165) is 0 Å². The Morgan fingerprint density at radius 2 is 1.82 bits per heavy atom. The van der Waals surface area contributed by atoms with Gasteiger partial charge < -0.3 is 9.64 Å². The Morgan fingerprint density at radius 1 is 1.11 bits per heavy atom. The van der Waals surface area contributed by atoms with Crippen LogP contribution in [0.3, 0.4) is 0 Å². The second kappa shape index (κ2) is 9.17. The molecule has 0 aromatic heterocycles. The van der Waals surface area contributed by atoms with E-state index in [9.17, 15) is 14.0 Å². The van der Waals surface area contributed by atoms with Gasteiger partial charge in [0.2, 0.25) is 0 Å². The number of piperazine rings is 1. The van der Waals surface area contributed by atoms with Crippen molar-refractivity contribution in [2.45, 2.75) is 13.5 Å². The average Bonchev–Trinajstić information content (AvgIpc) is 2.70. The van der Waals surface area contributed by atoms with Crippen LogP contribution in [-0.4, -0.2) is 54.3 Å². The first kappa shape index (κ1) is 20.3. The summed E-state index contributed by atoms with van der Waals surface area (Å²) in [5.41, 5.74) is 1.03. The predicted octanol–water partition coefficient (Wildman–Crippen LogP) is 3.40. The summed E-state index contributed by atoms with van der Waals surface area (Å²) >= 11 is 6.09. The molecular formula is C21H22ClFN2O3. The van der Waals surface area contributed by atoms with Crippen LogP contribution in [-0.2, 0) is 11.3 Å². The maximum Gasteiger partial charge on any atom is 0.260 e. The third-order valence-electron chi connectivity index (χ3n) is 4.77. The zero-order valence-corrected chi connectivity index (χ0v) is 16.4. The number of hydrogen-bond acceptors (Lipinski definition) is 4. The Bertz CT molecular complexity index is 846. The van der Waals surface area contributed by atoms with Gasteiger partial charge in [-0.2, -0.15) is 0 Å². The summed E-state index contributed by atoms with van der Waals surface area (Å²) in [6.45, 7) is 4.18. The Labute approximate surface area is 168 Å². The second-order valence-electron chi connectivity index (χ2n) is 6.73. The first-order valence-electron chi connectivity index (χ1n) is 9.11. The van der Waals surface area contributed by atoms with Crippen LogP contribution in [0.1, 0.15) is 22.8 Å². The fourth-order valence-corrected chi connectivity index (χ4v) is 3.33. The Morgan fingerprint density at radius 3 is 2.50 bits per heavy atom. The topological polar surface area (TPSA) is 49.9 Å². The van der Waals surface area contributed by atoms with Crippen LogP contribution in [0.25, 0.3) is 0 Å². The molecule has 0 unspecified atom stereocenters. The summed E-state index contributed by atoms with van der Waals surface area (Å²) in [7, 11) is 0. The molecule has 3 rings (SSSR count). The Kier molecular flexibility index (Phi) is 6.65. The number of hydrogen-bond donors (Lipinski definition) is 0. The largest absolute Gasteiger partial charge is 0.484 e. The molecule has 28 heavy (non-hydrogen) atoms. The average molecular weight is 405 g/mol. The highest BCUT2D eigenvalue weighted by Crippen LogP contribution is 2.21. The summed E-state index contributed by atoms with van der Waals surface area (Å²) in [6.07, 6.45) is 0. The number of benzene rings is 2. The standard InChI is InChI=1S/C21H22ClFN2O3/c1-15(26)16-4-2-5-17(12-16)28-14-21(27)25-10-8-24(9-11-25)13-18-19(22)6-3-7-20(18)23/h2-7,12H,8-11,13-14H2,1H3. The summed E-state index contributed by atoms with van der Waals surface area (Å²) in [5.74, 6) is 0.0146. The third-order valence-corrected chi connectivity index (χ3v) is 5.13. The molecule has 0 N–H and O–H groups in total. The second-order valence-corrected chi connectivity index (χ2v) is 7.14. The van der Waals surface area contributed by atoms with E-state index in [2.05, 4.69) is 4.90 Å². The molecule has 2 aromatic rings. The van der Waals surface area contributed by atoms with Crippen molar-refractivity contribution in [3.8, 4) is 5.75 Å². The van der Waals surface area contributed by atoms with E-state index in [1.54, 1.807) is 41.3 Å². The Hall–Kier alpha value is -2.44. The zero-order valence-electron chi connectivity index (χ0n) is 15.7. The zero-order chi connectivity index (χ0) is 20.1. The van der Waals surface area contributed by atoms with Gasteiger partial charge in [0.1, 0.15) is 11.6 Å². The van der Waals surface area contributed by atoms with Crippen LogP contribution in [0.2, 0.25) is 5.02 Å². The Balaban J connectivity index is 1.49. The molecule has 7 heteroatoms. The van der Waals surface area contributed by atoms with Crippen LogP contribution in [0.5, 0.6) is 5.75 Å². The first-order chi connectivity index (χ1) is 13.4. The number of ether oxygens (including phenoxy) is 1. The first-order valence-corrected chi connectivity index (χ1v) is 9.48. The maximum atomic E-state index is 13.9. The van der Waals surface area contributed by atoms with Gasteiger partial charge in [0.15, 0.2) is 12.4 Å². The quantitative estimate of drug-likeness (QED) is 0.692. The van der Waals surface area contributed by atoms with E-state index in [1.165, 1.54) is 13.0 Å². The molecule has 0 saturated carbocycles. The molecule has 1 aliphatic heterocycles. The smallest absolute Gasteiger partial charge is 0.260 e. The number of carbonyl (C=O) groups excluding carboxylic acids is 2. The number of rotatable bonds is 6. The van der Waals surface area contributed by atoms with Gasteiger partial charge in [-0.1, -0.05) is 29.8 Å². The molecule has 148 valence electrons. The summed E-state index contributed by atoms with van der Waals surface area (Å²) < 4.78 is 19.5. The molecule has 0 aliphatic carbocycles. The van der Waals surface area contributed by atoms with Crippen molar-refractivity contribution >= 4 is 23.3 Å². The molecule has 1 fully saturated rings. The van der Waals surface area contributed by atoms with Crippen LogP contribution < -0.4 is 4.74 Å². The van der Waals surface area contributed by atoms with Gasteiger partial charge in [-0.3, -0.25) is 14.5 Å². The molecule has 0 spiro atoms. The summed E-state index contributed by atoms with van der Waals surface area (Å²) in [4.78, 5) is 27.6. The van der Waals surface area contributed by atoms with E-state index in [-0.39, 0.29) is 24.1 Å². The minimum Gasteiger partial charge on any atom is -0.484 e. The van der Waals surface area contributed by atoms with Gasteiger partial charge in [-0.25, -0.2) is 4.39 Å². The lowest BCUT2D eigenvalue weighted by Gasteiger charge is -2.34. The summed E-state index contributed by atoms with van der Waals surface area (Å²) in [5, 5.41) is 0.416. The number of nitrogens with zero attached hydrogens (tertiary/aromatic N) is 2. The van der Waals surface area contributed by atoms with Crippen molar-refractivity contribution in [3.63, 3.8) is 0 Å². The van der Waals surface area contributed by atoms with Crippen molar-refractivity contribution in [1.29, 1.82) is 0 Å². The molecule has 0 bridgehead atoms. The summed E-state index contributed by atoms with van der Waals surface area (Å²) in [6, 6.07) is 11.4. The lowest BCUT2D eigenvalue weighted by Crippen LogP contribution is -2.49. The highest BCUT2D eigenvalue weighted by molar-refractivity contribution is 6.31. The lowest BCUT2D eigenvalue weighted by atomic mass is 10.1. The van der Waals surface area contributed by atoms with Crippen LogP contribution in [0, 0.1) is 5.82 Å². The van der Waals surface area contributed by atoms with Crippen molar-refractivity contribution in [2.24, 2.45) is 0 Å². The van der Waals surface area contributed by atoms with Gasteiger partial charge >= 0.3 is 0 Å². The molecule has 2 aromatic carbocycles. The number of ketones is 1. The SMILES string of the molecule is CC(=O)c1cccc(OCC(=O)N2CCN(Cc3c(F)cccc3Cl)CC2)c1. The molecule has 1 amide bonds. The van der Waals surface area contributed by atoms with Gasteiger partial charge in [0, 0.05) is 48.9 Å². The van der Waals surface area contributed by atoms with Gasteiger partial charge in [0.05, 0.1) is 0 Å². The fourth-order valence-electron chi connectivity index (χ4n) is 3.10. The fraction of sp³-hybridized carbons (Fsp3) is 0.333. The number of amides is 1. The van der Waals surface area contributed by atoms with E-state index in [4.69, 9.17) is 16.3 Å². The van der Waals surface area contributed by atoms with E-state index in [0.29, 0.717) is 54.6 Å². The molecule has 5 nitrogen and oxygen atoms in total. The van der Waals surface area contributed by atoms with Gasteiger partial charge in [-0.05, 0) is 31.2 Å². The highest BCUT2D eigenvalue weighted by atomic mass is 35.5. The van der Waals surface area contributed by atoms with Crippen LogP contribution >= 0.6 is 11.6 Å². The number of Topliss-reactive ketones (excluding diaryl/α,β-unsaturated/α-hetero) is 1. The van der Waals surface area contributed by atoms with E-state index in [1.807, 2.05) is 0 Å². The molecule has 1 saturated heterocycles. The van der Waals surface area contributed by atoms with E-state index >= 15 is 0 Å². The molecular weight excluding hydrogens is 383 g/mol. The number of carbonyl (C=O) groups is 2. The van der Waals surface area contributed by atoms with Crippen LogP contribution in [0.4, 0.5) is 4.39 Å². The van der Waals surface area contributed by atoms with Crippen molar-refractivity contribution in [3.05, 3.63) is 64.4 Å². The third kappa shape index (κ3) is 5.09. The number of halogens is 2. The normalized spacial score (nSPS) is 14.8. The molecule has 1 aliphatic rings. The molecule has 1 heterocycles. The van der Waals surface area contributed by atoms with Gasteiger partial charge in [-0.15, -0.1) is 0 Å². The maximum absolute atomic E-state index is 13.9. The van der Waals surface area contributed by atoms with Crippen molar-refractivity contribution < 1.29 is 18.7 Å². The molecule has 0 atom stereocenters. The van der Waals surface area contributed by atoms with Crippen molar-refractivity contribution in [2.75, 3.05) is 32.8 Å². The predicted molar refractivity (Wildman–Crippen MR) is 105 cm³/mol. The monoisotopic (exact) mass is 404 g/mol. The van der Waals surface area contributed by atoms with Crippen LogP contribution in [0.15, 0.2) is 42.5 Å². The molecule has 0 radical (unpaired) electrons. The minimum atomic E-state index is -0.313. The minimum absolute atomic E-state index is 0.0529. The lowest BCUT2D eigenvalue weighted by molar-refractivity contribution is -0.135. The van der Waals surface area contributed by atoms with E-state index < -0.39 is 0 Å².